The van der Waals surface area contributed by atoms with Crippen LogP contribution in [0, 0.1) is 6.92 Å². The first-order valence-electron chi connectivity index (χ1n) is 10.0. The Morgan fingerprint density at radius 3 is 2.70 bits per heavy atom. The number of aryl methyl sites for hydroxylation is 2. The maximum Gasteiger partial charge on any atom is 0.259 e. The van der Waals surface area contributed by atoms with E-state index in [-0.39, 0.29) is 11.9 Å². The molecule has 0 bridgehead atoms. The van der Waals surface area contributed by atoms with Crippen molar-refractivity contribution < 1.29 is 9.32 Å². The Morgan fingerprint density at radius 1 is 1.30 bits per heavy atom. The molecule has 0 radical (unpaired) electrons. The van der Waals surface area contributed by atoms with E-state index in [4.69, 9.17) is 4.52 Å². The number of amides is 1. The van der Waals surface area contributed by atoms with Crippen LogP contribution in [-0.4, -0.2) is 58.1 Å². The summed E-state index contributed by atoms with van der Waals surface area (Å²) in [7, 11) is 0. The molecule has 146 valence electrons. The van der Waals surface area contributed by atoms with Crippen LogP contribution in [0.5, 0.6) is 0 Å². The van der Waals surface area contributed by atoms with E-state index in [0.717, 1.165) is 50.3 Å². The van der Waals surface area contributed by atoms with Gasteiger partial charge in [0.1, 0.15) is 11.3 Å². The molecule has 1 aliphatic heterocycles. The van der Waals surface area contributed by atoms with Crippen LogP contribution in [-0.2, 0) is 12.8 Å². The summed E-state index contributed by atoms with van der Waals surface area (Å²) in [6, 6.07) is 6.18. The molecule has 1 fully saturated rings. The van der Waals surface area contributed by atoms with E-state index in [2.05, 4.69) is 22.0 Å². The van der Waals surface area contributed by atoms with E-state index in [0.29, 0.717) is 24.3 Å². The molecule has 6 heteroatoms. The predicted octanol–water partition coefficient (Wildman–Crippen LogP) is 3.11. The molecular formula is C21H30N4O2. The molecule has 1 amide bonds. The highest BCUT2D eigenvalue weighted by atomic mass is 16.5. The average molecular weight is 370 g/mol. The first-order valence-corrected chi connectivity index (χ1v) is 10.0. The molecule has 3 rings (SSSR count). The molecule has 1 aliphatic rings. The van der Waals surface area contributed by atoms with Crippen LogP contribution in [0.4, 0.5) is 0 Å². The molecular weight excluding hydrogens is 340 g/mol. The second kappa shape index (κ2) is 9.13. The lowest BCUT2D eigenvalue weighted by Gasteiger charge is -2.38. The van der Waals surface area contributed by atoms with Crippen LogP contribution < -0.4 is 0 Å². The minimum absolute atomic E-state index is 0.0523. The fourth-order valence-corrected chi connectivity index (χ4v) is 3.86. The molecule has 0 atom stereocenters. The lowest BCUT2D eigenvalue weighted by molar-refractivity contribution is 0.0577. The Hall–Kier alpha value is -2.21. The van der Waals surface area contributed by atoms with Crippen molar-refractivity contribution in [3.05, 3.63) is 47.1 Å². The number of hydrogen-bond acceptors (Lipinski definition) is 5. The zero-order valence-electron chi connectivity index (χ0n) is 16.6. The van der Waals surface area contributed by atoms with Crippen LogP contribution in [0.3, 0.4) is 0 Å². The molecule has 3 heterocycles. The van der Waals surface area contributed by atoms with Crippen molar-refractivity contribution in [2.24, 2.45) is 0 Å². The number of carbonyl (C=O) groups excluding carboxylic acids is 1. The minimum atomic E-state index is 0.0523. The van der Waals surface area contributed by atoms with Crippen molar-refractivity contribution in [3.8, 4) is 0 Å². The summed E-state index contributed by atoms with van der Waals surface area (Å²) in [5.41, 5.74) is 2.42. The van der Waals surface area contributed by atoms with Crippen molar-refractivity contribution in [3.63, 3.8) is 0 Å². The highest BCUT2D eigenvalue weighted by Gasteiger charge is 2.31. The molecule has 0 N–H and O–H groups in total. The number of nitrogens with zero attached hydrogens (tertiary/aromatic N) is 4. The maximum atomic E-state index is 13.5. The van der Waals surface area contributed by atoms with Gasteiger partial charge in [0.05, 0.1) is 5.69 Å². The van der Waals surface area contributed by atoms with Gasteiger partial charge in [-0.2, -0.15) is 0 Å². The summed E-state index contributed by atoms with van der Waals surface area (Å²) < 4.78 is 5.32. The van der Waals surface area contributed by atoms with Gasteiger partial charge in [0.15, 0.2) is 0 Å². The van der Waals surface area contributed by atoms with Crippen molar-refractivity contribution in [2.75, 3.05) is 26.2 Å². The lowest BCUT2D eigenvalue weighted by Crippen LogP contribution is -2.48. The molecule has 0 aliphatic carbocycles. The second-order valence-corrected chi connectivity index (χ2v) is 7.15. The van der Waals surface area contributed by atoms with Crippen LogP contribution >= 0.6 is 0 Å². The smallest absolute Gasteiger partial charge is 0.259 e. The van der Waals surface area contributed by atoms with Gasteiger partial charge >= 0.3 is 0 Å². The molecule has 27 heavy (non-hydrogen) atoms. The van der Waals surface area contributed by atoms with Crippen LogP contribution in [0.1, 0.15) is 54.2 Å². The van der Waals surface area contributed by atoms with Crippen molar-refractivity contribution in [1.29, 1.82) is 0 Å². The Labute approximate surface area is 161 Å². The Kier molecular flexibility index (Phi) is 6.61. The lowest BCUT2D eigenvalue weighted by atomic mass is 10.0. The normalized spacial score (nSPS) is 15.8. The third-order valence-electron chi connectivity index (χ3n) is 5.52. The fraction of sp³-hybridized carbons (Fsp3) is 0.571. The fourth-order valence-electron chi connectivity index (χ4n) is 3.86. The van der Waals surface area contributed by atoms with E-state index in [1.54, 1.807) is 6.20 Å². The molecule has 0 aromatic carbocycles. The van der Waals surface area contributed by atoms with E-state index in [1.807, 2.05) is 36.9 Å². The molecule has 0 saturated carbocycles. The standard InChI is InChI=1S/C21H30N4O2/c1-4-19-20(16(3)27-23-19)21(26)25(15-9-17-8-6-7-12-22-17)18-10-13-24(5-2)14-11-18/h6-8,12,18H,4-5,9-11,13-15H2,1-3H3. The molecule has 1 saturated heterocycles. The van der Waals surface area contributed by atoms with Gasteiger partial charge in [-0.25, -0.2) is 0 Å². The highest BCUT2D eigenvalue weighted by molar-refractivity contribution is 5.96. The second-order valence-electron chi connectivity index (χ2n) is 7.15. The van der Waals surface area contributed by atoms with Gasteiger partial charge in [0.25, 0.3) is 5.91 Å². The molecule has 2 aromatic heterocycles. The van der Waals surface area contributed by atoms with Crippen LogP contribution in [0.15, 0.2) is 28.9 Å². The van der Waals surface area contributed by atoms with E-state index >= 15 is 0 Å². The summed E-state index contributed by atoms with van der Waals surface area (Å²) >= 11 is 0. The number of likely N-dealkylation sites (tertiary alicyclic amines) is 1. The highest BCUT2D eigenvalue weighted by Crippen LogP contribution is 2.23. The Balaban J connectivity index is 1.80. The minimum Gasteiger partial charge on any atom is -0.361 e. The first kappa shape index (κ1) is 19.5. The number of pyridine rings is 1. The summed E-state index contributed by atoms with van der Waals surface area (Å²) in [6.07, 6.45) is 5.27. The number of piperidine rings is 1. The van der Waals surface area contributed by atoms with Gasteiger partial charge in [-0.05, 0) is 44.9 Å². The largest absolute Gasteiger partial charge is 0.361 e. The number of rotatable bonds is 7. The molecule has 6 nitrogen and oxygen atoms in total. The molecule has 0 spiro atoms. The maximum absolute atomic E-state index is 13.5. The summed E-state index contributed by atoms with van der Waals surface area (Å²) in [4.78, 5) is 22.4. The van der Waals surface area contributed by atoms with Crippen molar-refractivity contribution in [2.45, 2.75) is 52.5 Å². The topological polar surface area (TPSA) is 62.5 Å². The van der Waals surface area contributed by atoms with Gasteiger partial charge in [-0.1, -0.05) is 25.1 Å². The third-order valence-corrected chi connectivity index (χ3v) is 5.52. The summed E-state index contributed by atoms with van der Waals surface area (Å²) in [6.45, 7) is 9.84. The van der Waals surface area contributed by atoms with Gasteiger partial charge in [0, 0.05) is 44.0 Å². The quantitative estimate of drug-likeness (QED) is 0.749. The van der Waals surface area contributed by atoms with Crippen LogP contribution in [0.2, 0.25) is 0 Å². The van der Waals surface area contributed by atoms with E-state index < -0.39 is 0 Å². The average Bonchev–Trinajstić information content (AvgIpc) is 3.09. The Bertz CT molecular complexity index is 736. The van der Waals surface area contributed by atoms with Crippen molar-refractivity contribution >= 4 is 5.91 Å². The zero-order valence-corrected chi connectivity index (χ0v) is 16.6. The zero-order chi connectivity index (χ0) is 19.2. The van der Waals surface area contributed by atoms with Crippen LogP contribution in [0.25, 0.3) is 0 Å². The molecule has 0 unspecified atom stereocenters. The third kappa shape index (κ3) is 4.56. The summed E-state index contributed by atoms with van der Waals surface area (Å²) in [5, 5.41) is 4.08. The first-order chi connectivity index (χ1) is 13.1. The molecule has 2 aromatic rings. The number of hydrogen-bond donors (Lipinski definition) is 0. The predicted molar refractivity (Wildman–Crippen MR) is 105 cm³/mol. The number of carbonyl (C=O) groups is 1. The van der Waals surface area contributed by atoms with Gasteiger partial charge in [0.2, 0.25) is 0 Å². The number of aromatic nitrogens is 2. The monoisotopic (exact) mass is 370 g/mol. The van der Waals surface area contributed by atoms with E-state index in [9.17, 15) is 4.79 Å². The van der Waals surface area contributed by atoms with E-state index in [1.165, 1.54) is 0 Å². The Morgan fingerprint density at radius 2 is 2.07 bits per heavy atom. The SMILES string of the molecule is CCc1noc(C)c1C(=O)N(CCc1ccccn1)C1CCN(CC)CC1. The van der Waals surface area contributed by atoms with Gasteiger partial charge in [-0.3, -0.25) is 9.78 Å². The summed E-state index contributed by atoms with van der Waals surface area (Å²) in [5.74, 6) is 0.669. The van der Waals surface area contributed by atoms with Crippen molar-refractivity contribution in [1.82, 2.24) is 19.9 Å². The van der Waals surface area contributed by atoms with Gasteiger partial charge < -0.3 is 14.3 Å². The van der Waals surface area contributed by atoms with Gasteiger partial charge in [-0.15, -0.1) is 0 Å².